The fourth-order valence-corrected chi connectivity index (χ4v) is 5.41. The van der Waals surface area contributed by atoms with Gasteiger partial charge in [0.25, 0.3) is 0 Å². The van der Waals surface area contributed by atoms with Gasteiger partial charge in [-0.25, -0.2) is 4.90 Å². The molecule has 0 unspecified atom stereocenters. The number of amides is 2. The molecule has 2 saturated carbocycles. The van der Waals surface area contributed by atoms with Gasteiger partial charge in [-0.2, -0.15) is 0 Å². The third kappa shape index (κ3) is 3.25. The molecule has 5 rings (SSSR count). The van der Waals surface area contributed by atoms with Crippen molar-refractivity contribution < 1.29 is 29.3 Å². The lowest BCUT2D eigenvalue weighted by Gasteiger charge is -2.44. The molecule has 31 heavy (non-hydrogen) atoms. The van der Waals surface area contributed by atoms with Gasteiger partial charge in [0.2, 0.25) is 11.8 Å². The lowest BCUT2D eigenvalue weighted by atomic mass is 9.60. The zero-order chi connectivity index (χ0) is 21.7. The fourth-order valence-electron chi connectivity index (χ4n) is 5.41. The second-order valence-electron chi connectivity index (χ2n) is 8.55. The van der Waals surface area contributed by atoms with E-state index in [0.717, 1.165) is 4.90 Å². The van der Waals surface area contributed by atoms with E-state index in [2.05, 4.69) is 0 Å². The SMILES string of the molecule is O=C1C[C@@H](O)[C@@H](O)[C@@H]2[C@@H]3C(=O)N(c4cccc(Oc5ccccc5)c4)C(=O)[C@@H]3CC[C@@H]12. The third-order valence-corrected chi connectivity index (χ3v) is 6.81. The van der Waals surface area contributed by atoms with E-state index in [9.17, 15) is 24.6 Å². The summed E-state index contributed by atoms with van der Waals surface area (Å²) >= 11 is 0. The number of carbonyl (C=O) groups excluding carboxylic acids is 3. The van der Waals surface area contributed by atoms with Crippen LogP contribution in [0.4, 0.5) is 5.69 Å². The summed E-state index contributed by atoms with van der Waals surface area (Å²) in [6, 6.07) is 15.9. The number of Topliss-reactive ketones (excluding diaryl/α,β-unsaturated/α-hetero) is 1. The molecule has 2 aromatic carbocycles. The number of hydrogen-bond donors (Lipinski definition) is 2. The molecule has 160 valence electrons. The Morgan fingerprint density at radius 1 is 0.839 bits per heavy atom. The zero-order valence-electron chi connectivity index (χ0n) is 16.8. The van der Waals surface area contributed by atoms with Gasteiger partial charge < -0.3 is 14.9 Å². The van der Waals surface area contributed by atoms with Crippen LogP contribution in [0.15, 0.2) is 54.6 Å². The topological polar surface area (TPSA) is 104 Å². The monoisotopic (exact) mass is 421 g/mol. The van der Waals surface area contributed by atoms with Crippen molar-refractivity contribution in [1.29, 1.82) is 0 Å². The van der Waals surface area contributed by atoms with E-state index in [4.69, 9.17) is 4.74 Å². The first-order chi connectivity index (χ1) is 15.0. The smallest absolute Gasteiger partial charge is 0.238 e. The summed E-state index contributed by atoms with van der Waals surface area (Å²) in [7, 11) is 0. The first kappa shape index (κ1) is 19.9. The Morgan fingerprint density at radius 3 is 2.32 bits per heavy atom. The van der Waals surface area contributed by atoms with Gasteiger partial charge in [0.05, 0.1) is 29.7 Å². The Bertz CT molecular complexity index is 1040. The van der Waals surface area contributed by atoms with Crippen LogP contribution in [-0.4, -0.2) is 40.0 Å². The van der Waals surface area contributed by atoms with Gasteiger partial charge in [-0.15, -0.1) is 0 Å². The van der Waals surface area contributed by atoms with Crippen LogP contribution in [-0.2, 0) is 14.4 Å². The molecule has 2 amide bonds. The molecule has 0 aromatic heterocycles. The van der Waals surface area contributed by atoms with Gasteiger partial charge >= 0.3 is 0 Å². The highest BCUT2D eigenvalue weighted by Gasteiger charge is 2.60. The van der Waals surface area contributed by atoms with Crippen molar-refractivity contribution >= 4 is 23.3 Å². The molecule has 0 spiro atoms. The average Bonchev–Trinajstić information content (AvgIpc) is 3.03. The van der Waals surface area contributed by atoms with E-state index in [1.54, 1.807) is 36.4 Å². The first-order valence-corrected chi connectivity index (χ1v) is 10.6. The number of imide groups is 1. The summed E-state index contributed by atoms with van der Waals surface area (Å²) < 4.78 is 5.83. The number of aliphatic hydroxyl groups excluding tert-OH is 2. The van der Waals surface area contributed by atoms with Crippen LogP contribution in [0.25, 0.3) is 0 Å². The van der Waals surface area contributed by atoms with Crippen LogP contribution in [0.3, 0.4) is 0 Å². The second-order valence-corrected chi connectivity index (χ2v) is 8.55. The highest BCUT2D eigenvalue weighted by Crippen LogP contribution is 2.50. The Labute approximate surface area is 179 Å². The number of rotatable bonds is 3. The number of fused-ring (bicyclic) bond motifs is 3. The van der Waals surface area contributed by atoms with Crippen LogP contribution >= 0.6 is 0 Å². The Morgan fingerprint density at radius 2 is 1.55 bits per heavy atom. The standard InChI is InChI=1S/C24H23NO6/c26-18-12-19(27)22(28)20-16(18)9-10-17-21(20)24(30)25(23(17)29)13-5-4-8-15(11-13)31-14-6-2-1-3-7-14/h1-8,11,16-17,19-22,27-28H,9-10,12H2/t16-,17+,19+,20-,21+,22+/m0/s1. The second kappa shape index (κ2) is 7.59. The average molecular weight is 421 g/mol. The Kier molecular flexibility index (Phi) is 4.87. The predicted octanol–water partition coefficient (Wildman–Crippen LogP) is 2.31. The normalized spacial score (nSPS) is 32.6. The number of nitrogens with zero attached hydrogens (tertiary/aromatic N) is 1. The molecular weight excluding hydrogens is 398 g/mol. The number of aliphatic hydroxyl groups is 2. The van der Waals surface area contributed by atoms with Crippen molar-refractivity contribution in [2.75, 3.05) is 4.90 Å². The Balaban J connectivity index is 1.46. The summed E-state index contributed by atoms with van der Waals surface area (Å²) in [5, 5.41) is 20.7. The largest absolute Gasteiger partial charge is 0.457 e. The number of carbonyl (C=O) groups is 3. The molecule has 2 aromatic rings. The number of anilines is 1. The highest BCUT2D eigenvalue weighted by atomic mass is 16.5. The van der Waals surface area contributed by atoms with Crippen molar-refractivity contribution in [2.45, 2.75) is 31.5 Å². The van der Waals surface area contributed by atoms with Crippen molar-refractivity contribution in [1.82, 2.24) is 0 Å². The van der Waals surface area contributed by atoms with E-state index in [-0.39, 0.29) is 18.1 Å². The summed E-state index contributed by atoms with van der Waals surface area (Å²) in [4.78, 5) is 40.2. The van der Waals surface area contributed by atoms with Crippen LogP contribution < -0.4 is 9.64 Å². The molecule has 7 heteroatoms. The zero-order valence-corrected chi connectivity index (χ0v) is 16.8. The molecular formula is C24H23NO6. The molecule has 0 radical (unpaired) electrons. The number of para-hydroxylation sites is 1. The summed E-state index contributed by atoms with van der Waals surface area (Å²) in [6.07, 6.45) is -1.64. The summed E-state index contributed by atoms with van der Waals surface area (Å²) in [5.41, 5.74) is 0.395. The highest BCUT2D eigenvalue weighted by molar-refractivity contribution is 6.22. The van der Waals surface area contributed by atoms with E-state index < -0.39 is 41.8 Å². The van der Waals surface area contributed by atoms with Crippen LogP contribution in [0, 0.1) is 23.7 Å². The van der Waals surface area contributed by atoms with Crippen molar-refractivity contribution in [2.24, 2.45) is 23.7 Å². The van der Waals surface area contributed by atoms with Crippen LogP contribution in [0.1, 0.15) is 19.3 Å². The van der Waals surface area contributed by atoms with Gasteiger partial charge in [0.15, 0.2) is 0 Å². The minimum absolute atomic E-state index is 0.107. The minimum Gasteiger partial charge on any atom is -0.457 e. The fraction of sp³-hybridized carbons (Fsp3) is 0.375. The maximum Gasteiger partial charge on any atom is 0.238 e. The van der Waals surface area contributed by atoms with E-state index in [1.807, 2.05) is 18.2 Å². The lowest BCUT2D eigenvalue weighted by molar-refractivity contribution is -0.155. The van der Waals surface area contributed by atoms with Gasteiger partial charge in [-0.05, 0) is 37.1 Å². The molecule has 7 nitrogen and oxygen atoms in total. The summed E-state index contributed by atoms with van der Waals surface area (Å²) in [6.45, 7) is 0. The molecule has 1 heterocycles. The van der Waals surface area contributed by atoms with Crippen molar-refractivity contribution in [3.05, 3.63) is 54.6 Å². The number of hydrogen-bond acceptors (Lipinski definition) is 6. The Hall–Kier alpha value is -3.03. The molecule has 1 saturated heterocycles. The molecule has 3 fully saturated rings. The maximum atomic E-state index is 13.4. The number of ether oxygens (including phenoxy) is 1. The predicted molar refractivity (Wildman–Crippen MR) is 110 cm³/mol. The lowest BCUT2D eigenvalue weighted by Crippen LogP contribution is -2.54. The van der Waals surface area contributed by atoms with Crippen molar-refractivity contribution in [3.8, 4) is 11.5 Å². The first-order valence-electron chi connectivity index (χ1n) is 10.6. The molecule has 6 atom stereocenters. The quantitative estimate of drug-likeness (QED) is 0.737. The molecule has 0 bridgehead atoms. The third-order valence-electron chi connectivity index (χ3n) is 6.81. The summed E-state index contributed by atoms with van der Waals surface area (Å²) in [5.74, 6) is -2.41. The van der Waals surface area contributed by atoms with E-state index >= 15 is 0 Å². The molecule has 2 aliphatic carbocycles. The van der Waals surface area contributed by atoms with E-state index in [0.29, 0.717) is 30.0 Å². The van der Waals surface area contributed by atoms with Crippen molar-refractivity contribution in [3.63, 3.8) is 0 Å². The van der Waals surface area contributed by atoms with Gasteiger partial charge in [-0.1, -0.05) is 24.3 Å². The maximum absolute atomic E-state index is 13.4. The number of ketones is 1. The molecule has 3 aliphatic rings. The minimum atomic E-state index is -1.20. The van der Waals surface area contributed by atoms with Gasteiger partial charge in [0, 0.05) is 24.3 Å². The van der Waals surface area contributed by atoms with Gasteiger partial charge in [0.1, 0.15) is 17.3 Å². The van der Waals surface area contributed by atoms with Crippen LogP contribution in [0.5, 0.6) is 11.5 Å². The van der Waals surface area contributed by atoms with Gasteiger partial charge in [-0.3, -0.25) is 14.4 Å². The molecule has 2 N–H and O–H groups in total. The molecule has 1 aliphatic heterocycles. The van der Waals surface area contributed by atoms with E-state index in [1.165, 1.54) is 0 Å². The van der Waals surface area contributed by atoms with Crippen LogP contribution in [0.2, 0.25) is 0 Å². The number of benzene rings is 2.